The minimum Gasteiger partial charge on any atom is -0.274 e. The van der Waals surface area contributed by atoms with Gasteiger partial charge in [0, 0.05) is 18.1 Å². The minimum absolute atomic E-state index is 0.192. The molecule has 2 aromatic carbocycles. The first-order chi connectivity index (χ1) is 14.1. The van der Waals surface area contributed by atoms with Gasteiger partial charge in [0.2, 0.25) is 11.1 Å². The topological polar surface area (TPSA) is 63.9 Å². The predicted octanol–water partition coefficient (Wildman–Crippen LogP) is 4.84. The molecule has 0 spiro atoms. The summed E-state index contributed by atoms with van der Waals surface area (Å²) in [7, 11) is 0. The van der Waals surface area contributed by atoms with E-state index in [-0.39, 0.29) is 11.6 Å². The number of amides is 1. The fourth-order valence-electron chi connectivity index (χ4n) is 2.66. The van der Waals surface area contributed by atoms with Crippen LogP contribution in [-0.2, 0) is 10.5 Å². The maximum atomic E-state index is 14.2. The van der Waals surface area contributed by atoms with E-state index >= 15 is 0 Å². The van der Waals surface area contributed by atoms with E-state index in [2.05, 4.69) is 15.1 Å². The number of benzene rings is 2. The Morgan fingerprint density at radius 2 is 1.93 bits per heavy atom. The molecule has 2 aromatic heterocycles. The monoisotopic (exact) mass is 425 g/mol. The smallest absolute Gasteiger partial charge is 0.230 e. The first-order valence-corrected chi connectivity index (χ1v) is 10.6. The van der Waals surface area contributed by atoms with Crippen molar-refractivity contribution in [3.05, 3.63) is 77.8 Å². The highest BCUT2D eigenvalue weighted by Gasteiger charge is 2.21. The fourth-order valence-corrected chi connectivity index (χ4v) is 4.34. The molecule has 0 aliphatic carbocycles. The molecule has 0 aliphatic heterocycles. The Bertz CT molecular complexity index is 1130. The van der Waals surface area contributed by atoms with Crippen LogP contribution in [0.3, 0.4) is 0 Å². The number of aromatic nitrogens is 4. The molecule has 2 heterocycles. The molecule has 29 heavy (non-hydrogen) atoms. The zero-order valence-electron chi connectivity index (χ0n) is 15.4. The zero-order valence-corrected chi connectivity index (χ0v) is 17.0. The maximum absolute atomic E-state index is 14.2. The summed E-state index contributed by atoms with van der Waals surface area (Å²) in [5.41, 5.74) is 1.90. The molecular weight excluding hydrogens is 409 g/mol. The van der Waals surface area contributed by atoms with E-state index in [9.17, 15) is 9.18 Å². The number of para-hydroxylation sites is 2. The molecule has 0 saturated carbocycles. The van der Waals surface area contributed by atoms with Crippen LogP contribution in [0.25, 0.3) is 5.69 Å². The predicted molar refractivity (Wildman–Crippen MR) is 112 cm³/mol. The molecule has 0 N–H and O–H groups in total. The van der Waals surface area contributed by atoms with Crippen LogP contribution in [0.15, 0.2) is 71.5 Å². The van der Waals surface area contributed by atoms with Crippen molar-refractivity contribution in [2.75, 3.05) is 4.90 Å². The van der Waals surface area contributed by atoms with Gasteiger partial charge in [0.25, 0.3) is 0 Å². The molecule has 4 rings (SSSR count). The lowest BCUT2D eigenvalue weighted by atomic mass is 10.3. The molecule has 4 aromatic rings. The van der Waals surface area contributed by atoms with Crippen LogP contribution in [-0.4, -0.2) is 25.7 Å². The van der Waals surface area contributed by atoms with Crippen molar-refractivity contribution in [1.82, 2.24) is 19.7 Å². The van der Waals surface area contributed by atoms with Crippen LogP contribution in [0.2, 0.25) is 0 Å². The summed E-state index contributed by atoms with van der Waals surface area (Å²) < 4.78 is 15.9. The molecule has 146 valence electrons. The molecule has 0 unspecified atom stereocenters. The Labute approximate surface area is 175 Å². The number of thioether (sulfide) groups is 1. The van der Waals surface area contributed by atoms with Crippen molar-refractivity contribution in [2.45, 2.75) is 17.8 Å². The van der Waals surface area contributed by atoms with Crippen molar-refractivity contribution in [3.63, 3.8) is 0 Å². The summed E-state index contributed by atoms with van der Waals surface area (Å²) >= 11 is 2.74. The van der Waals surface area contributed by atoms with Gasteiger partial charge in [-0.1, -0.05) is 42.1 Å². The van der Waals surface area contributed by atoms with E-state index in [1.165, 1.54) is 41.0 Å². The van der Waals surface area contributed by atoms with Gasteiger partial charge in [-0.2, -0.15) is 0 Å². The normalized spacial score (nSPS) is 10.8. The van der Waals surface area contributed by atoms with Crippen molar-refractivity contribution < 1.29 is 9.18 Å². The summed E-state index contributed by atoms with van der Waals surface area (Å²) in [5, 5.41) is 7.37. The van der Waals surface area contributed by atoms with Gasteiger partial charge in [-0.05, 0) is 24.3 Å². The number of nitrogens with zero attached hydrogens (tertiary/aromatic N) is 5. The van der Waals surface area contributed by atoms with Crippen LogP contribution in [0.4, 0.5) is 15.2 Å². The SMILES string of the molecule is CC(=O)N(c1nc(CSc2ncn(-c3ccccc3)n2)cs1)c1ccccc1F. The number of rotatable bonds is 6. The quantitative estimate of drug-likeness (QED) is 0.414. The summed E-state index contributed by atoms with van der Waals surface area (Å²) in [6.07, 6.45) is 1.67. The lowest BCUT2D eigenvalue weighted by molar-refractivity contribution is -0.115. The average molecular weight is 426 g/mol. The number of halogens is 1. The van der Waals surface area contributed by atoms with Crippen molar-refractivity contribution in [3.8, 4) is 5.69 Å². The lowest BCUT2D eigenvalue weighted by Gasteiger charge is -2.18. The van der Waals surface area contributed by atoms with Gasteiger partial charge >= 0.3 is 0 Å². The molecule has 0 saturated heterocycles. The second-order valence-electron chi connectivity index (χ2n) is 6.02. The van der Waals surface area contributed by atoms with Gasteiger partial charge in [0.05, 0.1) is 17.1 Å². The highest BCUT2D eigenvalue weighted by molar-refractivity contribution is 7.98. The molecule has 1 amide bonds. The number of anilines is 2. The van der Waals surface area contributed by atoms with Crippen LogP contribution in [0, 0.1) is 5.82 Å². The van der Waals surface area contributed by atoms with Crippen molar-refractivity contribution >= 4 is 39.8 Å². The van der Waals surface area contributed by atoms with E-state index in [0.29, 0.717) is 16.0 Å². The Morgan fingerprint density at radius 1 is 1.17 bits per heavy atom. The highest BCUT2D eigenvalue weighted by atomic mass is 32.2. The third kappa shape index (κ3) is 4.36. The minimum atomic E-state index is -0.468. The maximum Gasteiger partial charge on any atom is 0.230 e. The van der Waals surface area contributed by atoms with Gasteiger partial charge in [-0.15, -0.1) is 16.4 Å². The molecule has 0 atom stereocenters. The van der Waals surface area contributed by atoms with Crippen LogP contribution >= 0.6 is 23.1 Å². The van der Waals surface area contributed by atoms with Crippen LogP contribution in [0.1, 0.15) is 12.6 Å². The van der Waals surface area contributed by atoms with E-state index in [1.54, 1.807) is 29.2 Å². The molecule has 9 heteroatoms. The molecule has 0 bridgehead atoms. The second kappa shape index (κ2) is 8.54. The van der Waals surface area contributed by atoms with Crippen molar-refractivity contribution in [1.29, 1.82) is 0 Å². The first kappa shape index (κ1) is 19.3. The van der Waals surface area contributed by atoms with Gasteiger partial charge in [-0.3, -0.25) is 9.69 Å². The molecule has 0 radical (unpaired) electrons. The van der Waals surface area contributed by atoms with Crippen molar-refractivity contribution in [2.24, 2.45) is 0 Å². The van der Waals surface area contributed by atoms with Gasteiger partial charge in [-0.25, -0.2) is 19.0 Å². The average Bonchev–Trinajstić information content (AvgIpc) is 3.38. The number of hydrogen-bond donors (Lipinski definition) is 0. The summed E-state index contributed by atoms with van der Waals surface area (Å²) in [6.45, 7) is 1.39. The Kier molecular flexibility index (Phi) is 5.68. The largest absolute Gasteiger partial charge is 0.274 e. The third-order valence-electron chi connectivity index (χ3n) is 3.98. The Hall–Kier alpha value is -3.04. The van der Waals surface area contributed by atoms with E-state index in [0.717, 1.165) is 11.4 Å². The molecule has 6 nitrogen and oxygen atoms in total. The third-order valence-corrected chi connectivity index (χ3v) is 5.74. The van der Waals surface area contributed by atoms with Gasteiger partial charge < -0.3 is 0 Å². The standard InChI is InChI=1S/C20H16FN5OS2/c1-14(27)26(18-10-6-5-9-17(18)21)20-23-15(12-29-20)11-28-19-22-13-25(24-19)16-7-3-2-4-8-16/h2-10,12-13H,11H2,1H3. The summed E-state index contributed by atoms with van der Waals surface area (Å²) in [4.78, 5) is 22.2. The van der Waals surface area contributed by atoms with Gasteiger partial charge in [0.15, 0.2) is 5.13 Å². The van der Waals surface area contributed by atoms with Crippen LogP contribution < -0.4 is 4.90 Å². The molecule has 0 fully saturated rings. The highest BCUT2D eigenvalue weighted by Crippen LogP contribution is 2.32. The first-order valence-electron chi connectivity index (χ1n) is 8.71. The number of hydrogen-bond acceptors (Lipinski definition) is 6. The van der Waals surface area contributed by atoms with E-state index in [4.69, 9.17) is 0 Å². The Balaban J connectivity index is 1.47. The number of carbonyl (C=O) groups excluding carboxylic acids is 1. The summed E-state index contributed by atoms with van der Waals surface area (Å²) in [5.74, 6) is -0.227. The second-order valence-corrected chi connectivity index (χ2v) is 7.80. The van der Waals surface area contributed by atoms with Gasteiger partial charge in [0.1, 0.15) is 12.1 Å². The zero-order chi connectivity index (χ0) is 20.2. The lowest BCUT2D eigenvalue weighted by Crippen LogP contribution is -2.23. The molecular formula is C20H16FN5OS2. The number of carbonyl (C=O) groups is 1. The number of thiazole rings is 1. The fraction of sp³-hybridized carbons (Fsp3) is 0.100. The molecule has 0 aliphatic rings. The summed E-state index contributed by atoms with van der Waals surface area (Å²) in [6, 6.07) is 15.9. The van der Waals surface area contributed by atoms with E-state index < -0.39 is 5.82 Å². The van der Waals surface area contributed by atoms with Crippen LogP contribution in [0.5, 0.6) is 0 Å². The van der Waals surface area contributed by atoms with E-state index in [1.807, 2.05) is 35.7 Å². The Morgan fingerprint density at radius 3 is 2.69 bits per heavy atom.